The standard InChI is InChI=1S/C6H5BrF2N2O3S/c7-4-2(12)1-11-6(15(10,13)14)3(4)5(8)9/h1,5,12H,(H2,10,13,14). The molecule has 0 unspecified atom stereocenters. The molecule has 3 N–H and O–H groups in total. The van der Waals surface area contributed by atoms with Crippen molar-refractivity contribution < 1.29 is 22.3 Å². The second kappa shape index (κ2) is 3.99. The summed E-state index contributed by atoms with van der Waals surface area (Å²) in [5.74, 6) is -0.585. The summed E-state index contributed by atoms with van der Waals surface area (Å²) in [6.45, 7) is 0. The third-order valence-corrected chi connectivity index (χ3v) is 3.18. The van der Waals surface area contributed by atoms with Crippen LogP contribution in [-0.2, 0) is 10.0 Å². The smallest absolute Gasteiger partial charge is 0.267 e. The Labute approximate surface area is 92.1 Å². The van der Waals surface area contributed by atoms with Crippen molar-refractivity contribution in [3.8, 4) is 5.75 Å². The molecule has 0 atom stereocenters. The number of hydrogen-bond acceptors (Lipinski definition) is 4. The zero-order chi connectivity index (χ0) is 11.8. The Hall–Kier alpha value is -0.800. The van der Waals surface area contributed by atoms with E-state index in [1.54, 1.807) is 0 Å². The van der Waals surface area contributed by atoms with E-state index in [0.29, 0.717) is 0 Å². The van der Waals surface area contributed by atoms with Crippen molar-refractivity contribution in [2.45, 2.75) is 11.5 Å². The molecule has 0 aromatic carbocycles. The van der Waals surface area contributed by atoms with Crippen molar-refractivity contribution >= 4 is 26.0 Å². The molecule has 9 heteroatoms. The van der Waals surface area contributed by atoms with Crippen molar-refractivity contribution in [2.75, 3.05) is 0 Å². The molecule has 0 amide bonds. The van der Waals surface area contributed by atoms with Gasteiger partial charge in [-0.1, -0.05) is 0 Å². The number of nitrogens with zero attached hydrogens (tertiary/aromatic N) is 1. The number of aromatic nitrogens is 1. The molecule has 0 bridgehead atoms. The Bertz CT molecular complexity index is 491. The average molecular weight is 303 g/mol. The largest absolute Gasteiger partial charge is 0.505 e. The first-order chi connectivity index (χ1) is 6.75. The maximum Gasteiger partial charge on any atom is 0.267 e. The fraction of sp³-hybridized carbons (Fsp3) is 0.167. The highest BCUT2D eigenvalue weighted by atomic mass is 79.9. The summed E-state index contributed by atoms with van der Waals surface area (Å²) in [6.07, 6.45) is -2.40. The number of primary sulfonamides is 1. The molecule has 15 heavy (non-hydrogen) atoms. The highest BCUT2D eigenvalue weighted by Crippen LogP contribution is 2.36. The molecule has 84 valence electrons. The molecule has 1 heterocycles. The van der Waals surface area contributed by atoms with Crippen LogP contribution in [0.3, 0.4) is 0 Å². The monoisotopic (exact) mass is 302 g/mol. The first-order valence-corrected chi connectivity index (χ1v) is 5.77. The molecule has 5 nitrogen and oxygen atoms in total. The van der Waals surface area contributed by atoms with E-state index in [1.807, 2.05) is 0 Å². The van der Waals surface area contributed by atoms with E-state index in [-0.39, 0.29) is 0 Å². The number of aromatic hydroxyl groups is 1. The van der Waals surface area contributed by atoms with Crippen LogP contribution in [0.1, 0.15) is 12.0 Å². The number of alkyl halides is 2. The lowest BCUT2D eigenvalue weighted by Crippen LogP contribution is -2.17. The minimum atomic E-state index is -4.35. The summed E-state index contributed by atoms with van der Waals surface area (Å²) >= 11 is 2.63. The van der Waals surface area contributed by atoms with Crippen LogP contribution < -0.4 is 5.14 Å². The summed E-state index contributed by atoms with van der Waals surface area (Å²) in [5, 5.41) is 12.8. The average Bonchev–Trinajstić information content (AvgIpc) is 2.06. The van der Waals surface area contributed by atoms with E-state index in [4.69, 9.17) is 5.11 Å². The van der Waals surface area contributed by atoms with Crippen molar-refractivity contribution in [1.82, 2.24) is 4.98 Å². The number of rotatable bonds is 2. The van der Waals surface area contributed by atoms with Gasteiger partial charge in [-0.25, -0.2) is 27.3 Å². The molecule has 0 saturated carbocycles. The predicted octanol–water partition coefficient (Wildman–Crippen LogP) is 1.13. The second-order valence-corrected chi connectivity index (χ2v) is 4.79. The molecule has 0 fully saturated rings. The van der Waals surface area contributed by atoms with Gasteiger partial charge < -0.3 is 5.11 Å². The zero-order valence-electron chi connectivity index (χ0n) is 6.99. The van der Waals surface area contributed by atoms with Crippen LogP contribution in [0, 0.1) is 0 Å². The molecule has 0 spiro atoms. The van der Waals surface area contributed by atoms with E-state index < -0.39 is 37.3 Å². The van der Waals surface area contributed by atoms with Gasteiger partial charge in [0.2, 0.25) is 0 Å². The van der Waals surface area contributed by atoms with Crippen LogP contribution in [0.25, 0.3) is 0 Å². The van der Waals surface area contributed by atoms with Gasteiger partial charge in [0.05, 0.1) is 16.2 Å². The van der Waals surface area contributed by atoms with Crippen LogP contribution in [0.4, 0.5) is 8.78 Å². The van der Waals surface area contributed by atoms with Crippen LogP contribution in [0.2, 0.25) is 0 Å². The molecule has 1 aromatic rings. The minimum absolute atomic E-state index is 0.434. The molecule has 0 radical (unpaired) electrons. The summed E-state index contributed by atoms with van der Waals surface area (Å²) < 4.78 is 46.4. The highest BCUT2D eigenvalue weighted by molar-refractivity contribution is 9.10. The van der Waals surface area contributed by atoms with E-state index in [2.05, 4.69) is 26.1 Å². The Morgan fingerprint density at radius 3 is 2.47 bits per heavy atom. The van der Waals surface area contributed by atoms with Crippen LogP contribution >= 0.6 is 15.9 Å². The van der Waals surface area contributed by atoms with Crippen LogP contribution in [0.15, 0.2) is 15.7 Å². The molecule has 0 aliphatic rings. The molecular weight excluding hydrogens is 298 g/mol. The Morgan fingerprint density at radius 2 is 2.07 bits per heavy atom. The third kappa shape index (κ3) is 2.41. The van der Waals surface area contributed by atoms with Crippen molar-refractivity contribution in [3.63, 3.8) is 0 Å². The summed E-state index contributed by atoms with van der Waals surface area (Å²) in [6, 6.07) is 0. The first kappa shape index (κ1) is 12.3. The normalized spacial score (nSPS) is 12.1. The molecule has 1 rings (SSSR count). The van der Waals surface area contributed by atoms with Crippen molar-refractivity contribution in [1.29, 1.82) is 0 Å². The molecule has 1 aromatic heterocycles. The molecular formula is C6H5BrF2N2O3S. The van der Waals surface area contributed by atoms with Gasteiger partial charge in [0.25, 0.3) is 16.4 Å². The summed E-state index contributed by atoms with van der Waals surface area (Å²) in [4.78, 5) is 3.16. The fourth-order valence-electron chi connectivity index (χ4n) is 0.894. The van der Waals surface area contributed by atoms with Gasteiger partial charge in [-0.2, -0.15) is 0 Å². The maximum absolute atomic E-state index is 12.5. The van der Waals surface area contributed by atoms with Gasteiger partial charge in [-0.05, 0) is 15.9 Å². The van der Waals surface area contributed by atoms with E-state index >= 15 is 0 Å². The second-order valence-electron chi connectivity index (χ2n) is 2.52. The minimum Gasteiger partial charge on any atom is -0.505 e. The van der Waals surface area contributed by atoms with Gasteiger partial charge in [0, 0.05) is 0 Å². The highest BCUT2D eigenvalue weighted by Gasteiger charge is 2.26. The lowest BCUT2D eigenvalue weighted by Gasteiger charge is -2.08. The Balaban J connectivity index is 3.62. The fourth-order valence-corrected chi connectivity index (χ4v) is 2.19. The van der Waals surface area contributed by atoms with Crippen LogP contribution in [-0.4, -0.2) is 18.5 Å². The van der Waals surface area contributed by atoms with E-state index in [1.165, 1.54) is 0 Å². The number of pyridine rings is 1. The van der Waals surface area contributed by atoms with Gasteiger partial charge in [0.1, 0.15) is 5.75 Å². The molecule has 0 aliphatic carbocycles. The van der Waals surface area contributed by atoms with Crippen LogP contribution in [0.5, 0.6) is 5.75 Å². The maximum atomic E-state index is 12.5. The number of sulfonamides is 1. The zero-order valence-corrected chi connectivity index (χ0v) is 9.39. The molecule has 0 aliphatic heterocycles. The first-order valence-electron chi connectivity index (χ1n) is 3.43. The third-order valence-electron chi connectivity index (χ3n) is 1.48. The lowest BCUT2D eigenvalue weighted by molar-refractivity contribution is 0.145. The van der Waals surface area contributed by atoms with Crippen molar-refractivity contribution in [3.05, 3.63) is 16.2 Å². The van der Waals surface area contributed by atoms with Gasteiger partial charge in [-0.15, -0.1) is 0 Å². The lowest BCUT2D eigenvalue weighted by atomic mass is 10.3. The Kier molecular flexibility index (Phi) is 3.26. The van der Waals surface area contributed by atoms with Gasteiger partial charge >= 0.3 is 0 Å². The summed E-state index contributed by atoms with van der Waals surface area (Å²) in [5.41, 5.74) is -0.947. The number of hydrogen-bond donors (Lipinski definition) is 2. The van der Waals surface area contributed by atoms with Gasteiger partial charge in [-0.3, -0.25) is 0 Å². The number of halogens is 3. The Morgan fingerprint density at radius 1 is 1.53 bits per heavy atom. The number of nitrogens with two attached hydrogens (primary N) is 1. The summed E-state index contributed by atoms with van der Waals surface area (Å²) in [7, 11) is -4.35. The topological polar surface area (TPSA) is 93.3 Å². The van der Waals surface area contributed by atoms with E-state index in [9.17, 15) is 17.2 Å². The predicted molar refractivity (Wildman–Crippen MR) is 49.9 cm³/mol. The van der Waals surface area contributed by atoms with Gasteiger partial charge in [0.15, 0.2) is 5.03 Å². The van der Waals surface area contributed by atoms with E-state index in [0.717, 1.165) is 6.20 Å². The van der Waals surface area contributed by atoms with Crippen molar-refractivity contribution in [2.24, 2.45) is 5.14 Å². The SMILES string of the molecule is NS(=O)(=O)c1ncc(O)c(Br)c1C(F)F. The quantitative estimate of drug-likeness (QED) is 0.856. The molecule has 0 saturated heterocycles.